The number of hydrogen-bond donors (Lipinski definition) is 3. The standard InChI is InChI=1S/C17H16ClN3O3/c1-10-3-5-14(7-11(10)2)20-16(23)17(24)21-19-9-12-8-13(18)4-6-15(12)22/h3-9,22H,1-2H3,(H,20,23)(H,21,24)/b19-9-. The van der Waals surface area contributed by atoms with E-state index in [1.54, 1.807) is 12.1 Å². The normalized spacial score (nSPS) is 10.6. The minimum Gasteiger partial charge on any atom is -0.507 e. The molecule has 0 aliphatic rings. The quantitative estimate of drug-likeness (QED) is 0.454. The summed E-state index contributed by atoms with van der Waals surface area (Å²) in [6.07, 6.45) is 1.20. The van der Waals surface area contributed by atoms with Gasteiger partial charge in [-0.25, -0.2) is 5.43 Å². The summed E-state index contributed by atoms with van der Waals surface area (Å²) < 4.78 is 0. The average Bonchev–Trinajstić information content (AvgIpc) is 2.54. The maximum absolute atomic E-state index is 11.8. The van der Waals surface area contributed by atoms with E-state index >= 15 is 0 Å². The molecule has 6 nitrogen and oxygen atoms in total. The number of aromatic hydroxyl groups is 1. The van der Waals surface area contributed by atoms with Crippen LogP contribution < -0.4 is 10.7 Å². The number of nitrogens with one attached hydrogen (secondary N) is 2. The SMILES string of the molecule is Cc1ccc(NC(=O)C(=O)N/N=C\c2cc(Cl)ccc2O)cc1C. The molecule has 0 aliphatic carbocycles. The number of phenols is 1. The Balaban J connectivity index is 1.96. The lowest BCUT2D eigenvalue weighted by Gasteiger charge is -2.06. The molecule has 0 bridgehead atoms. The molecule has 124 valence electrons. The average molecular weight is 346 g/mol. The van der Waals surface area contributed by atoms with Crippen molar-refractivity contribution >= 4 is 35.3 Å². The van der Waals surface area contributed by atoms with Crippen LogP contribution in [-0.2, 0) is 9.59 Å². The third-order valence-electron chi connectivity index (χ3n) is 3.33. The molecule has 2 aromatic carbocycles. The second kappa shape index (κ2) is 7.61. The van der Waals surface area contributed by atoms with E-state index in [1.165, 1.54) is 24.4 Å². The highest BCUT2D eigenvalue weighted by molar-refractivity contribution is 6.39. The first-order valence-electron chi connectivity index (χ1n) is 7.07. The zero-order valence-corrected chi connectivity index (χ0v) is 13.9. The number of nitrogens with zero attached hydrogens (tertiary/aromatic N) is 1. The van der Waals surface area contributed by atoms with Crippen molar-refractivity contribution in [3.05, 3.63) is 58.1 Å². The van der Waals surface area contributed by atoms with Gasteiger partial charge in [0.05, 0.1) is 6.21 Å². The second-order valence-electron chi connectivity index (χ2n) is 5.16. The van der Waals surface area contributed by atoms with Gasteiger partial charge in [0.25, 0.3) is 0 Å². The Hall–Kier alpha value is -2.86. The molecule has 2 rings (SSSR count). The first-order valence-corrected chi connectivity index (χ1v) is 7.45. The Morgan fingerprint density at radius 1 is 1.08 bits per heavy atom. The molecular formula is C17H16ClN3O3. The highest BCUT2D eigenvalue weighted by atomic mass is 35.5. The third-order valence-corrected chi connectivity index (χ3v) is 3.57. The molecular weight excluding hydrogens is 330 g/mol. The number of halogens is 1. The van der Waals surface area contributed by atoms with Crippen molar-refractivity contribution in [1.82, 2.24) is 5.43 Å². The number of benzene rings is 2. The van der Waals surface area contributed by atoms with E-state index in [4.69, 9.17) is 11.6 Å². The number of carbonyl (C=O) groups is 2. The van der Waals surface area contributed by atoms with Crippen molar-refractivity contribution in [2.45, 2.75) is 13.8 Å². The van der Waals surface area contributed by atoms with E-state index in [0.717, 1.165) is 11.1 Å². The van der Waals surface area contributed by atoms with Gasteiger partial charge >= 0.3 is 11.8 Å². The van der Waals surface area contributed by atoms with Crippen LogP contribution in [0.1, 0.15) is 16.7 Å². The van der Waals surface area contributed by atoms with Crippen molar-refractivity contribution in [2.24, 2.45) is 5.10 Å². The van der Waals surface area contributed by atoms with Crippen molar-refractivity contribution in [2.75, 3.05) is 5.32 Å². The number of anilines is 1. The molecule has 0 saturated heterocycles. The van der Waals surface area contributed by atoms with Crippen molar-refractivity contribution in [3.8, 4) is 5.75 Å². The maximum Gasteiger partial charge on any atom is 0.329 e. The Morgan fingerprint density at radius 3 is 2.54 bits per heavy atom. The molecule has 24 heavy (non-hydrogen) atoms. The lowest BCUT2D eigenvalue weighted by molar-refractivity contribution is -0.136. The minimum absolute atomic E-state index is 0.0445. The van der Waals surface area contributed by atoms with Crippen LogP contribution in [0.25, 0.3) is 0 Å². The predicted octanol–water partition coefficient (Wildman–Crippen LogP) is 2.75. The molecule has 7 heteroatoms. The van der Waals surface area contributed by atoms with Crippen molar-refractivity contribution < 1.29 is 14.7 Å². The number of aryl methyl sites for hydroxylation is 2. The number of hydrogen-bond acceptors (Lipinski definition) is 4. The van der Waals surface area contributed by atoms with Gasteiger partial charge in [-0.3, -0.25) is 9.59 Å². The molecule has 3 N–H and O–H groups in total. The highest BCUT2D eigenvalue weighted by Gasteiger charge is 2.13. The second-order valence-corrected chi connectivity index (χ2v) is 5.59. The summed E-state index contributed by atoms with van der Waals surface area (Å²) in [5, 5.41) is 16.1. The fourth-order valence-electron chi connectivity index (χ4n) is 1.85. The van der Waals surface area contributed by atoms with E-state index in [-0.39, 0.29) is 5.75 Å². The van der Waals surface area contributed by atoms with E-state index < -0.39 is 11.8 Å². The molecule has 0 radical (unpaired) electrons. The van der Waals surface area contributed by atoms with Gasteiger partial charge in [0, 0.05) is 16.3 Å². The molecule has 0 atom stereocenters. The van der Waals surface area contributed by atoms with Crippen LogP contribution in [-0.4, -0.2) is 23.1 Å². The molecule has 0 heterocycles. The van der Waals surface area contributed by atoms with Crippen LogP contribution in [0.2, 0.25) is 5.02 Å². The highest BCUT2D eigenvalue weighted by Crippen LogP contribution is 2.19. The zero-order valence-electron chi connectivity index (χ0n) is 13.1. The van der Waals surface area contributed by atoms with Gasteiger partial charge in [-0.1, -0.05) is 17.7 Å². The lowest BCUT2D eigenvalue weighted by Crippen LogP contribution is -2.32. The van der Waals surface area contributed by atoms with E-state index in [9.17, 15) is 14.7 Å². The van der Waals surface area contributed by atoms with Gasteiger partial charge in [-0.15, -0.1) is 0 Å². The lowest BCUT2D eigenvalue weighted by atomic mass is 10.1. The Morgan fingerprint density at radius 2 is 1.83 bits per heavy atom. The van der Waals surface area contributed by atoms with Gasteiger partial charge in [-0.05, 0) is 55.3 Å². The van der Waals surface area contributed by atoms with Crippen LogP contribution >= 0.6 is 11.6 Å². The smallest absolute Gasteiger partial charge is 0.329 e. The predicted molar refractivity (Wildman–Crippen MR) is 93.4 cm³/mol. The van der Waals surface area contributed by atoms with Crippen LogP contribution in [0.3, 0.4) is 0 Å². The van der Waals surface area contributed by atoms with Gasteiger partial charge < -0.3 is 10.4 Å². The molecule has 0 aliphatic heterocycles. The number of hydrazone groups is 1. The fraction of sp³-hybridized carbons (Fsp3) is 0.118. The van der Waals surface area contributed by atoms with Gasteiger partial charge in [0.2, 0.25) is 0 Å². The molecule has 0 aromatic heterocycles. The summed E-state index contributed by atoms with van der Waals surface area (Å²) in [5.41, 5.74) is 5.02. The Labute approximate surface area is 144 Å². The third kappa shape index (κ3) is 4.57. The van der Waals surface area contributed by atoms with E-state index in [1.807, 2.05) is 19.9 Å². The number of carbonyl (C=O) groups excluding carboxylic acids is 2. The Kier molecular flexibility index (Phi) is 5.55. The minimum atomic E-state index is -0.925. The maximum atomic E-state index is 11.8. The number of amides is 2. The first kappa shape index (κ1) is 17.5. The van der Waals surface area contributed by atoms with Gasteiger partial charge in [-0.2, -0.15) is 5.10 Å². The number of rotatable bonds is 3. The van der Waals surface area contributed by atoms with Crippen LogP contribution in [0.15, 0.2) is 41.5 Å². The van der Waals surface area contributed by atoms with Crippen molar-refractivity contribution in [1.29, 1.82) is 0 Å². The van der Waals surface area contributed by atoms with E-state index in [0.29, 0.717) is 16.3 Å². The molecule has 0 saturated carbocycles. The summed E-state index contributed by atoms with van der Waals surface area (Å²) in [4.78, 5) is 23.5. The summed E-state index contributed by atoms with van der Waals surface area (Å²) >= 11 is 5.80. The largest absolute Gasteiger partial charge is 0.507 e. The van der Waals surface area contributed by atoms with Crippen LogP contribution in [0.5, 0.6) is 5.75 Å². The zero-order chi connectivity index (χ0) is 17.7. The van der Waals surface area contributed by atoms with Gasteiger partial charge in [0.1, 0.15) is 5.75 Å². The number of phenolic OH excluding ortho intramolecular Hbond substituents is 1. The van der Waals surface area contributed by atoms with Crippen LogP contribution in [0, 0.1) is 13.8 Å². The molecule has 2 amide bonds. The summed E-state index contributed by atoms with van der Waals surface area (Å²) in [5.74, 6) is -1.81. The molecule has 0 unspecified atom stereocenters. The summed E-state index contributed by atoms with van der Waals surface area (Å²) in [7, 11) is 0. The molecule has 2 aromatic rings. The molecule has 0 spiro atoms. The Bertz CT molecular complexity index is 819. The summed E-state index contributed by atoms with van der Waals surface area (Å²) in [6.45, 7) is 3.86. The first-order chi connectivity index (χ1) is 11.4. The topological polar surface area (TPSA) is 90.8 Å². The summed E-state index contributed by atoms with van der Waals surface area (Å²) in [6, 6.07) is 9.72. The van der Waals surface area contributed by atoms with Gasteiger partial charge in [0.15, 0.2) is 0 Å². The van der Waals surface area contributed by atoms with Crippen LogP contribution in [0.4, 0.5) is 5.69 Å². The molecule has 0 fully saturated rings. The van der Waals surface area contributed by atoms with E-state index in [2.05, 4.69) is 15.8 Å². The fourth-order valence-corrected chi connectivity index (χ4v) is 2.03. The van der Waals surface area contributed by atoms with Crippen molar-refractivity contribution in [3.63, 3.8) is 0 Å². The monoisotopic (exact) mass is 345 g/mol.